The van der Waals surface area contributed by atoms with Crippen LogP contribution in [0.5, 0.6) is 0 Å². The summed E-state index contributed by atoms with van der Waals surface area (Å²) >= 11 is 6.31. The Morgan fingerprint density at radius 2 is 1.86 bits per heavy atom. The first kappa shape index (κ1) is 24.8. The zero-order valence-corrected chi connectivity index (χ0v) is 20.0. The SMILES string of the molecule is CCC(C)C(Nc1nc(N)nc(N)c1C#N)c1nc2cccc(Cl)c2c(=O)n1-c1cc(F)cc(F)c1. The van der Waals surface area contributed by atoms with E-state index in [1.807, 2.05) is 19.9 Å². The summed E-state index contributed by atoms with van der Waals surface area (Å²) in [5, 5.41) is 13.0. The van der Waals surface area contributed by atoms with Crippen LogP contribution in [0.2, 0.25) is 5.02 Å². The Hall–Kier alpha value is -4.30. The first-order chi connectivity index (χ1) is 17.1. The van der Waals surface area contributed by atoms with Gasteiger partial charge in [-0.05, 0) is 30.2 Å². The second-order valence-corrected chi connectivity index (χ2v) is 8.59. The minimum atomic E-state index is -0.877. The zero-order chi connectivity index (χ0) is 26.1. The van der Waals surface area contributed by atoms with E-state index < -0.39 is 23.2 Å². The van der Waals surface area contributed by atoms with Gasteiger partial charge in [-0.2, -0.15) is 15.2 Å². The van der Waals surface area contributed by atoms with Crippen LogP contribution < -0.4 is 22.3 Å². The average molecular weight is 511 g/mol. The van der Waals surface area contributed by atoms with Gasteiger partial charge in [0.25, 0.3) is 5.56 Å². The molecule has 2 unspecified atom stereocenters. The lowest BCUT2D eigenvalue weighted by Crippen LogP contribution is -2.31. The lowest BCUT2D eigenvalue weighted by atomic mass is 9.97. The molecule has 4 rings (SSSR count). The molecule has 9 nitrogen and oxygen atoms in total. The molecule has 2 atom stereocenters. The first-order valence-corrected chi connectivity index (χ1v) is 11.3. The van der Waals surface area contributed by atoms with Crippen LogP contribution in [0.15, 0.2) is 41.2 Å². The summed E-state index contributed by atoms with van der Waals surface area (Å²) in [5.74, 6) is -2.12. The van der Waals surface area contributed by atoms with Crippen LogP contribution in [0.1, 0.15) is 37.7 Å². The minimum absolute atomic E-state index is 0.0326. The van der Waals surface area contributed by atoms with E-state index in [0.717, 1.165) is 16.7 Å². The summed E-state index contributed by atoms with van der Waals surface area (Å²) in [5.41, 5.74) is 11.1. The van der Waals surface area contributed by atoms with E-state index in [2.05, 4.69) is 20.3 Å². The van der Waals surface area contributed by atoms with E-state index in [9.17, 15) is 18.8 Å². The van der Waals surface area contributed by atoms with Crippen molar-refractivity contribution in [1.29, 1.82) is 5.26 Å². The molecule has 2 aromatic heterocycles. The fourth-order valence-corrected chi connectivity index (χ4v) is 4.14. The van der Waals surface area contributed by atoms with Crippen molar-refractivity contribution < 1.29 is 8.78 Å². The van der Waals surface area contributed by atoms with Crippen LogP contribution in [0, 0.1) is 28.9 Å². The standard InChI is InChI=1S/C24H21ClF2N8O/c1-3-11(2)19(32-21-15(10-28)20(29)33-24(30)34-21)22-31-17-6-4-5-16(25)18(17)23(36)35(22)14-8-12(26)7-13(27)9-14/h4-9,11,19H,3H2,1-2H3,(H5,29,30,32,33,34). The maximum absolute atomic E-state index is 14.2. The number of rotatable bonds is 6. The van der Waals surface area contributed by atoms with E-state index in [0.29, 0.717) is 12.5 Å². The number of halogens is 3. The molecule has 36 heavy (non-hydrogen) atoms. The second kappa shape index (κ2) is 9.75. The van der Waals surface area contributed by atoms with Crippen LogP contribution in [0.25, 0.3) is 16.6 Å². The number of hydrogen-bond donors (Lipinski definition) is 3. The lowest BCUT2D eigenvalue weighted by molar-refractivity contribution is 0.455. The topological polar surface area (TPSA) is 149 Å². The normalized spacial score (nSPS) is 12.8. The molecule has 184 valence electrons. The summed E-state index contributed by atoms with van der Waals surface area (Å²) in [4.78, 5) is 26.3. The molecule has 0 radical (unpaired) electrons. The first-order valence-electron chi connectivity index (χ1n) is 10.9. The number of nitrogens with zero attached hydrogens (tertiary/aromatic N) is 5. The van der Waals surface area contributed by atoms with Crippen molar-refractivity contribution in [3.63, 3.8) is 0 Å². The molecular weight excluding hydrogens is 490 g/mol. The van der Waals surface area contributed by atoms with Crippen molar-refractivity contribution in [2.24, 2.45) is 5.92 Å². The number of benzene rings is 2. The number of anilines is 3. The molecule has 0 saturated heterocycles. The third-order valence-corrected chi connectivity index (χ3v) is 6.14. The number of nitrogen functional groups attached to an aromatic ring is 2. The molecule has 4 aromatic rings. The molecule has 0 saturated carbocycles. The summed E-state index contributed by atoms with van der Waals surface area (Å²) < 4.78 is 29.6. The highest BCUT2D eigenvalue weighted by Crippen LogP contribution is 2.32. The zero-order valence-electron chi connectivity index (χ0n) is 19.3. The Labute approximate surface area is 209 Å². The van der Waals surface area contributed by atoms with Crippen LogP contribution in [-0.4, -0.2) is 19.5 Å². The number of aromatic nitrogens is 4. The smallest absolute Gasteiger partial charge is 0.267 e. The largest absolute Gasteiger partial charge is 0.382 e. The van der Waals surface area contributed by atoms with Gasteiger partial charge in [0.1, 0.15) is 34.9 Å². The Kier molecular flexibility index (Phi) is 6.72. The predicted molar refractivity (Wildman–Crippen MR) is 134 cm³/mol. The van der Waals surface area contributed by atoms with Crippen LogP contribution >= 0.6 is 11.6 Å². The van der Waals surface area contributed by atoms with Crippen molar-refractivity contribution in [1.82, 2.24) is 19.5 Å². The number of nitriles is 1. The molecule has 0 aliphatic heterocycles. The highest BCUT2D eigenvalue weighted by Gasteiger charge is 2.28. The van der Waals surface area contributed by atoms with E-state index in [4.69, 9.17) is 23.1 Å². The van der Waals surface area contributed by atoms with E-state index in [-0.39, 0.29) is 56.5 Å². The van der Waals surface area contributed by atoms with Crippen molar-refractivity contribution in [2.45, 2.75) is 26.3 Å². The van der Waals surface area contributed by atoms with E-state index in [1.165, 1.54) is 6.07 Å². The Morgan fingerprint density at radius 1 is 1.17 bits per heavy atom. The molecule has 5 N–H and O–H groups in total. The quantitative estimate of drug-likeness (QED) is 0.347. The molecular formula is C24H21ClF2N8O. The van der Waals surface area contributed by atoms with E-state index >= 15 is 0 Å². The van der Waals surface area contributed by atoms with Crippen LogP contribution in [0.4, 0.5) is 26.4 Å². The van der Waals surface area contributed by atoms with Crippen molar-refractivity contribution >= 4 is 40.1 Å². The van der Waals surface area contributed by atoms with Gasteiger partial charge in [0, 0.05) is 6.07 Å². The van der Waals surface area contributed by atoms with E-state index in [1.54, 1.807) is 12.1 Å². The van der Waals surface area contributed by atoms with Gasteiger partial charge in [-0.15, -0.1) is 0 Å². The van der Waals surface area contributed by atoms with Crippen LogP contribution in [0.3, 0.4) is 0 Å². The Bertz CT molecular complexity index is 1560. The monoisotopic (exact) mass is 510 g/mol. The van der Waals surface area contributed by atoms with Crippen LogP contribution in [-0.2, 0) is 0 Å². The second-order valence-electron chi connectivity index (χ2n) is 8.18. The predicted octanol–water partition coefficient (Wildman–Crippen LogP) is 4.34. The third-order valence-electron chi connectivity index (χ3n) is 5.83. The summed E-state index contributed by atoms with van der Waals surface area (Å²) in [6.07, 6.45) is 0.594. The van der Waals surface area contributed by atoms with Crippen molar-refractivity contribution in [3.8, 4) is 11.8 Å². The number of nitrogens with two attached hydrogens (primary N) is 2. The highest BCUT2D eigenvalue weighted by atomic mass is 35.5. The molecule has 0 bridgehead atoms. The molecule has 0 spiro atoms. The van der Waals surface area contributed by atoms with Gasteiger partial charge >= 0.3 is 0 Å². The number of fused-ring (bicyclic) bond motifs is 1. The summed E-state index contributed by atoms with van der Waals surface area (Å²) in [6, 6.07) is 8.68. The molecule has 2 aromatic carbocycles. The molecule has 12 heteroatoms. The van der Waals surface area contributed by atoms with Gasteiger partial charge < -0.3 is 16.8 Å². The van der Waals surface area contributed by atoms with Gasteiger partial charge in [0.05, 0.1) is 27.7 Å². The third kappa shape index (κ3) is 4.50. The fourth-order valence-electron chi connectivity index (χ4n) is 3.89. The minimum Gasteiger partial charge on any atom is -0.382 e. The lowest BCUT2D eigenvalue weighted by Gasteiger charge is -2.28. The molecule has 0 fully saturated rings. The Balaban J connectivity index is 2.06. The summed E-state index contributed by atoms with van der Waals surface area (Å²) in [6.45, 7) is 3.79. The molecule has 0 aliphatic rings. The fraction of sp³-hybridized carbons (Fsp3) is 0.208. The van der Waals surface area contributed by atoms with Gasteiger partial charge in [-0.25, -0.2) is 13.8 Å². The maximum atomic E-state index is 14.2. The molecule has 0 amide bonds. The van der Waals surface area contributed by atoms with Crippen molar-refractivity contribution in [3.05, 3.63) is 74.8 Å². The summed E-state index contributed by atoms with van der Waals surface area (Å²) in [7, 11) is 0. The van der Waals surface area contributed by atoms with Gasteiger partial charge in [-0.1, -0.05) is 37.9 Å². The average Bonchev–Trinajstić information content (AvgIpc) is 2.81. The van der Waals surface area contributed by atoms with Gasteiger partial charge in [0.2, 0.25) is 5.95 Å². The van der Waals surface area contributed by atoms with Gasteiger partial charge in [0.15, 0.2) is 5.82 Å². The molecule has 0 aliphatic carbocycles. The Morgan fingerprint density at radius 3 is 2.50 bits per heavy atom. The number of nitrogens with one attached hydrogen (secondary N) is 1. The maximum Gasteiger partial charge on any atom is 0.267 e. The van der Waals surface area contributed by atoms with Crippen molar-refractivity contribution in [2.75, 3.05) is 16.8 Å². The number of hydrogen-bond acceptors (Lipinski definition) is 8. The molecule has 2 heterocycles. The highest BCUT2D eigenvalue weighted by molar-refractivity contribution is 6.35. The van der Waals surface area contributed by atoms with Gasteiger partial charge in [-0.3, -0.25) is 9.36 Å².